The number of aromatic nitrogens is 1. The molecule has 4 nitrogen and oxygen atoms in total. The lowest BCUT2D eigenvalue weighted by Crippen LogP contribution is -2.16. The number of hydrogen-bond acceptors (Lipinski definition) is 5. The standard InChI is InChI=1S/C6H8N2O2S/c7-5(1-10-4-9)6-2-11-3-8-6/h2-5H,1,7H2. The van der Waals surface area contributed by atoms with Crippen LogP contribution in [0, 0.1) is 0 Å². The molecule has 0 aliphatic rings. The molecular weight excluding hydrogens is 164 g/mol. The normalized spacial score (nSPS) is 12.5. The van der Waals surface area contributed by atoms with Gasteiger partial charge in [-0.2, -0.15) is 0 Å². The van der Waals surface area contributed by atoms with Crippen LogP contribution < -0.4 is 5.73 Å². The summed E-state index contributed by atoms with van der Waals surface area (Å²) in [7, 11) is 0. The van der Waals surface area contributed by atoms with Crippen LogP contribution in [0.2, 0.25) is 0 Å². The average molecular weight is 172 g/mol. The summed E-state index contributed by atoms with van der Waals surface area (Å²) in [5, 5.41) is 1.83. The summed E-state index contributed by atoms with van der Waals surface area (Å²) < 4.78 is 4.48. The second-order valence-electron chi connectivity index (χ2n) is 1.95. The SMILES string of the molecule is NC(COC=O)c1cscn1. The molecular formula is C6H8N2O2S. The Morgan fingerprint density at radius 3 is 3.27 bits per heavy atom. The molecule has 0 fully saturated rings. The predicted octanol–water partition coefficient (Wildman–Crippen LogP) is 0.316. The van der Waals surface area contributed by atoms with Crippen molar-refractivity contribution < 1.29 is 9.53 Å². The second-order valence-corrected chi connectivity index (χ2v) is 2.67. The van der Waals surface area contributed by atoms with E-state index in [1.54, 1.807) is 5.51 Å². The lowest BCUT2D eigenvalue weighted by molar-refractivity contribution is -0.129. The molecule has 0 saturated heterocycles. The van der Waals surface area contributed by atoms with Crippen LogP contribution in [0.25, 0.3) is 0 Å². The van der Waals surface area contributed by atoms with Crippen molar-refractivity contribution in [3.05, 3.63) is 16.6 Å². The van der Waals surface area contributed by atoms with E-state index in [-0.39, 0.29) is 12.6 Å². The fourth-order valence-corrected chi connectivity index (χ4v) is 1.25. The number of hydrogen-bond donors (Lipinski definition) is 1. The van der Waals surface area contributed by atoms with Gasteiger partial charge in [0.2, 0.25) is 0 Å². The van der Waals surface area contributed by atoms with Gasteiger partial charge in [0, 0.05) is 5.38 Å². The van der Waals surface area contributed by atoms with Gasteiger partial charge in [-0.1, -0.05) is 0 Å². The highest BCUT2D eigenvalue weighted by atomic mass is 32.1. The van der Waals surface area contributed by atoms with Crippen molar-refractivity contribution in [1.82, 2.24) is 4.98 Å². The Bertz CT molecular complexity index is 212. The van der Waals surface area contributed by atoms with Gasteiger partial charge in [0.25, 0.3) is 6.47 Å². The molecule has 5 heteroatoms. The fraction of sp³-hybridized carbons (Fsp3) is 0.333. The second kappa shape index (κ2) is 4.05. The molecule has 0 bridgehead atoms. The van der Waals surface area contributed by atoms with E-state index >= 15 is 0 Å². The Hall–Kier alpha value is -0.940. The maximum Gasteiger partial charge on any atom is 0.293 e. The maximum atomic E-state index is 9.78. The van der Waals surface area contributed by atoms with E-state index in [9.17, 15) is 4.79 Å². The molecule has 1 heterocycles. The highest BCUT2D eigenvalue weighted by molar-refractivity contribution is 7.07. The van der Waals surface area contributed by atoms with Gasteiger partial charge in [-0.05, 0) is 0 Å². The number of rotatable bonds is 4. The van der Waals surface area contributed by atoms with E-state index in [0.717, 1.165) is 5.69 Å². The summed E-state index contributed by atoms with van der Waals surface area (Å²) in [5.41, 5.74) is 8.04. The molecule has 0 radical (unpaired) electrons. The third-order valence-corrected chi connectivity index (χ3v) is 1.78. The third-order valence-electron chi connectivity index (χ3n) is 1.18. The summed E-state index contributed by atoms with van der Waals surface area (Å²) in [6, 6.07) is -0.300. The van der Waals surface area contributed by atoms with Crippen LogP contribution in [0.1, 0.15) is 11.7 Å². The summed E-state index contributed by atoms with van der Waals surface area (Å²) >= 11 is 1.47. The number of carbonyl (C=O) groups excluding carboxylic acids is 1. The van der Waals surface area contributed by atoms with Crippen LogP contribution in [-0.2, 0) is 9.53 Å². The fourth-order valence-electron chi connectivity index (χ4n) is 0.633. The number of nitrogens with zero attached hydrogens (tertiary/aromatic N) is 1. The minimum atomic E-state index is -0.300. The van der Waals surface area contributed by atoms with E-state index in [1.807, 2.05) is 5.38 Å². The number of thiazole rings is 1. The number of carbonyl (C=O) groups is 1. The van der Waals surface area contributed by atoms with Gasteiger partial charge in [0.15, 0.2) is 0 Å². The van der Waals surface area contributed by atoms with Gasteiger partial charge in [0.1, 0.15) is 6.61 Å². The zero-order valence-electron chi connectivity index (χ0n) is 5.77. The van der Waals surface area contributed by atoms with E-state index in [1.165, 1.54) is 11.3 Å². The first-order chi connectivity index (χ1) is 5.34. The first-order valence-corrected chi connectivity index (χ1v) is 3.98. The summed E-state index contributed by atoms with van der Waals surface area (Å²) in [6.07, 6.45) is 0. The molecule has 60 valence electrons. The third kappa shape index (κ3) is 2.28. The molecule has 0 aliphatic carbocycles. The van der Waals surface area contributed by atoms with Gasteiger partial charge >= 0.3 is 0 Å². The highest BCUT2D eigenvalue weighted by Gasteiger charge is 2.06. The quantitative estimate of drug-likeness (QED) is 0.664. The number of nitrogens with two attached hydrogens (primary N) is 1. The Labute approximate surface area is 68.0 Å². The van der Waals surface area contributed by atoms with Gasteiger partial charge in [-0.15, -0.1) is 11.3 Å². The van der Waals surface area contributed by atoms with Crippen molar-refractivity contribution in [2.45, 2.75) is 6.04 Å². The van der Waals surface area contributed by atoms with E-state index < -0.39 is 0 Å². The monoisotopic (exact) mass is 172 g/mol. The first kappa shape index (κ1) is 8.16. The van der Waals surface area contributed by atoms with Crippen molar-refractivity contribution >= 4 is 17.8 Å². The van der Waals surface area contributed by atoms with Crippen LogP contribution in [0.5, 0.6) is 0 Å². The van der Waals surface area contributed by atoms with Crippen molar-refractivity contribution in [2.75, 3.05) is 6.61 Å². The van der Waals surface area contributed by atoms with Crippen molar-refractivity contribution in [3.8, 4) is 0 Å². The molecule has 0 saturated carbocycles. The topological polar surface area (TPSA) is 65.2 Å². The van der Waals surface area contributed by atoms with Gasteiger partial charge in [0.05, 0.1) is 17.2 Å². The minimum absolute atomic E-state index is 0.188. The van der Waals surface area contributed by atoms with Crippen molar-refractivity contribution in [2.24, 2.45) is 5.73 Å². The minimum Gasteiger partial charge on any atom is -0.466 e. The Morgan fingerprint density at radius 2 is 2.73 bits per heavy atom. The van der Waals surface area contributed by atoms with Crippen molar-refractivity contribution in [3.63, 3.8) is 0 Å². The van der Waals surface area contributed by atoms with Gasteiger partial charge in [-0.3, -0.25) is 4.79 Å². The molecule has 1 unspecified atom stereocenters. The molecule has 1 atom stereocenters. The smallest absolute Gasteiger partial charge is 0.293 e. The Kier molecular flexibility index (Phi) is 3.00. The van der Waals surface area contributed by atoms with Crippen LogP contribution in [0.15, 0.2) is 10.9 Å². The molecule has 1 aromatic heterocycles. The van der Waals surface area contributed by atoms with Crippen LogP contribution in [0.4, 0.5) is 0 Å². The predicted molar refractivity (Wildman–Crippen MR) is 41.1 cm³/mol. The average Bonchev–Trinajstić information content (AvgIpc) is 2.52. The van der Waals surface area contributed by atoms with Crippen LogP contribution in [-0.4, -0.2) is 18.1 Å². The molecule has 1 rings (SSSR count). The molecule has 0 aromatic carbocycles. The summed E-state index contributed by atoms with van der Waals surface area (Å²) in [4.78, 5) is 13.7. The zero-order chi connectivity index (χ0) is 8.10. The summed E-state index contributed by atoms with van der Waals surface area (Å²) in [6.45, 7) is 0.569. The molecule has 1 aromatic rings. The summed E-state index contributed by atoms with van der Waals surface area (Å²) in [5.74, 6) is 0. The van der Waals surface area contributed by atoms with E-state index in [0.29, 0.717) is 6.47 Å². The zero-order valence-corrected chi connectivity index (χ0v) is 6.58. The van der Waals surface area contributed by atoms with Crippen LogP contribution >= 0.6 is 11.3 Å². The Morgan fingerprint density at radius 1 is 1.91 bits per heavy atom. The molecule has 2 N–H and O–H groups in total. The largest absolute Gasteiger partial charge is 0.466 e. The first-order valence-electron chi connectivity index (χ1n) is 3.03. The van der Waals surface area contributed by atoms with Gasteiger partial charge in [-0.25, -0.2) is 4.98 Å². The van der Waals surface area contributed by atoms with E-state index in [2.05, 4.69) is 9.72 Å². The van der Waals surface area contributed by atoms with Crippen molar-refractivity contribution in [1.29, 1.82) is 0 Å². The Balaban J connectivity index is 2.42. The molecule has 11 heavy (non-hydrogen) atoms. The lowest BCUT2D eigenvalue weighted by atomic mass is 10.3. The van der Waals surface area contributed by atoms with E-state index in [4.69, 9.17) is 5.73 Å². The van der Waals surface area contributed by atoms with Crippen LogP contribution in [0.3, 0.4) is 0 Å². The highest BCUT2D eigenvalue weighted by Crippen LogP contribution is 2.09. The molecule has 0 aliphatic heterocycles. The molecule has 0 amide bonds. The van der Waals surface area contributed by atoms with Gasteiger partial charge < -0.3 is 10.5 Å². The molecule has 0 spiro atoms. The number of ether oxygens (including phenoxy) is 1. The maximum absolute atomic E-state index is 9.78. The lowest BCUT2D eigenvalue weighted by Gasteiger charge is -2.05.